The molecule has 3 nitrogen and oxygen atoms in total. The first-order chi connectivity index (χ1) is 4.74. The fraction of sp³-hybridized carbons (Fsp3) is 0.167. The van der Waals surface area contributed by atoms with E-state index in [1.54, 1.807) is 12.3 Å². The van der Waals surface area contributed by atoms with Crippen molar-refractivity contribution in [1.29, 1.82) is 0 Å². The highest BCUT2D eigenvalue weighted by atomic mass is 79.9. The van der Waals surface area contributed by atoms with Crippen molar-refractivity contribution in [2.75, 3.05) is 11.5 Å². The minimum absolute atomic E-state index is 0.532. The first kappa shape index (κ1) is 7.34. The Morgan fingerprint density at radius 2 is 2.10 bits per heavy atom. The van der Waals surface area contributed by atoms with Crippen molar-refractivity contribution in [3.63, 3.8) is 0 Å². The van der Waals surface area contributed by atoms with E-state index in [-0.39, 0.29) is 0 Å². The van der Waals surface area contributed by atoms with Crippen LogP contribution in [0.25, 0.3) is 0 Å². The standard InChI is InChI=1S/C6H8BrN3/c7-2-4-1-5(8)6(9)3-10-4/h1,3H,2,9H2,(H2,8,10). The number of pyridine rings is 1. The summed E-state index contributed by atoms with van der Waals surface area (Å²) in [5.41, 5.74) is 13.0. The number of halogens is 1. The molecule has 0 fully saturated rings. The molecule has 1 aromatic heterocycles. The summed E-state index contributed by atoms with van der Waals surface area (Å²) >= 11 is 3.26. The monoisotopic (exact) mass is 201 g/mol. The predicted molar refractivity (Wildman–Crippen MR) is 45.7 cm³/mol. The second-order valence-corrected chi connectivity index (χ2v) is 2.50. The van der Waals surface area contributed by atoms with Gasteiger partial charge in [0.1, 0.15) is 0 Å². The molecule has 1 rings (SSSR count). The maximum absolute atomic E-state index is 5.51. The van der Waals surface area contributed by atoms with Crippen LogP contribution in [-0.2, 0) is 5.33 Å². The molecule has 1 heterocycles. The van der Waals surface area contributed by atoms with Gasteiger partial charge in [0.15, 0.2) is 0 Å². The minimum Gasteiger partial charge on any atom is -0.397 e. The minimum atomic E-state index is 0.532. The van der Waals surface area contributed by atoms with Gasteiger partial charge < -0.3 is 11.5 Å². The van der Waals surface area contributed by atoms with E-state index in [2.05, 4.69) is 20.9 Å². The van der Waals surface area contributed by atoms with Gasteiger partial charge in [0.2, 0.25) is 0 Å². The third kappa shape index (κ3) is 1.39. The molecule has 0 aliphatic rings. The number of anilines is 2. The first-order valence-electron chi connectivity index (χ1n) is 2.80. The Bertz CT molecular complexity index is 236. The predicted octanol–water partition coefficient (Wildman–Crippen LogP) is 1.14. The lowest BCUT2D eigenvalue weighted by atomic mass is 10.3. The van der Waals surface area contributed by atoms with Crippen molar-refractivity contribution in [1.82, 2.24) is 4.98 Å². The molecule has 0 saturated heterocycles. The van der Waals surface area contributed by atoms with E-state index in [1.165, 1.54) is 0 Å². The summed E-state index contributed by atoms with van der Waals surface area (Å²) in [6.45, 7) is 0. The molecule has 10 heavy (non-hydrogen) atoms. The number of hydrogen-bond acceptors (Lipinski definition) is 3. The van der Waals surface area contributed by atoms with Crippen molar-refractivity contribution in [3.8, 4) is 0 Å². The summed E-state index contributed by atoms with van der Waals surface area (Å²) in [5, 5.41) is 0.706. The third-order valence-corrected chi connectivity index (χ3v) is 1.74. The van der Waals surface area contributed by atoms with E-state index in [4.69, 9.17) is 11.5 Å². The van der Waals surface area contributed by atoms with Crippen molar-refractivity contribution in [2.24, 2.45) is 0 Å². The average Bonchev–Trinajstić information content (AvgIpc) is 1.95. The summed E-state index contributed by atoms with van der Waals surface area (Å²) in [6, 6.07) is 1.75. The lowest BCUT2D eigenvalue weighted by molar-refractivity contribution is 1.19. The zero-order valence-corrected chi connectivity index (χ0v) is 6.93. The van der Waals surface area contributed by atoms with Crippen molar-refractivity contribution in [3.05, 3.63) is 18.0 Å². The fourth-order valence-corrected chi connectivity index (χ4v) is 0.907. The Kier molecular flexibility index (Phi) is 2.11. The SMILES string of the molecule is Nc1cnc(CBr)cc1N. The van der Waals surface area contributed by atoms with E-state index in [0.29, 0.717) is 16.7 Å². The van der Waals surface area contributed by atoms with Crippen LogP contribution in [0.15, 0.2) is 12.3 Å². The van der Waals surface area contributed by atoms with Gasteiger partial charge in [-0.3, -0.25) is 4.98 Å². The highest BCUT2D eigenvalue weighted by Crippen LogP contribution is 2.14. The zero-order valence-electron chi connectivity index (χ0n) is 5.34. The van der Waals surface area contributed by atoms with Crippen LogP contribution in [0, 0.1) is 0 Å². The molecule has 0 saturated carbocycles. The van der Waals surface area contributed by atoms with Crippen LogP contribution in [-0.4, -0.2) is 4.98 Å². The van der Waals surface area contributed by atoms with Gasteiger partial charge in [0, 0.05) is 5.33 Å². The highest BCUT2D eigenvalue weighted by molar-refractivity contribution is 9.08. The van der Waals surface area contributed by atoms with Gasteiger partial charge in [-0.15, -0.1) is 0 Å². The molecule has 4 heteroatoms. The smallest absolute Gasteiger partial charge is 0.0734 e. The average molecular weight is 202 g/mol. The quantitative estimate of drug-likeness (QED) is 0.671. The van der Waals surface area contributed by atoms with E-state index < -0.39 is 0 Å². The van der Waals surface area contributed by atoms with Gasteiger partial charge in [-0.25, -0.2) is 0 Å². The molecule has 0 unspecified atom stereocenters. The van der Waals surface area contributed by atoms with Crippen molar-refractivity contribution < 1.29 is 0 Å². The second-order valence-electron chi connectivity index (χ2n) is 1.94. The summed E-state index contributed by atoms with van der Waals surface area (Å²) < 4.78 is 0. The molecule has 0 bridgehead atoms. The number of hydrogen-bond donors (Lipinski definition) is 2. The number of nitrogens with two attached hydrogens (primary N) is 2. The molecular formula is C6H8BrN3. The normalized spacial score (nSPS) is 9.70. The van der Waals surface area contributed by atoms with Crippen LogP contribution in [0.2, 0.25) is 0 Å². The van der Waals surface area contributed by atoms with E-state index in [1.807, 2.05) is 0 Å². The topological polar surface area (TPSA) is 64.9 Å². The molecule has 0 atom stereocenters. The summed E-state index contributed by atoms with van der Waals surface area (Å²) in [4.78, 5) is 4.01. The summed E-state index contributed by atoms with van der Waals surface area (Å²) in [6.07, 6.45) is 1.56. The number of nitrogens with zero attached hydrogens (tertiary/aromatic N) is 1. The second kappa shape index (κ2) is 2.88. The molecule has 0 aliphatic heterocycles. The molecule has 4 N–H and O–H groups in total. The van der Waals surface area contributed by atoms with Crippen molar-refractivity contribution >= 4 is 27.3 Å². The fourth-order valence-electron chi connectivity index (χ4n) is 0.600. The van der Waals surface area contributed by atoms with Crippen LogP contribution in [0.1, 0.15) is 5.69 Å². The summed E-state index contributed by atoms with van der Waals surface area (Å²) in [7, 11) is 0. The van der Waals surface area contributed by atoms with E-state index >= 15 is 0 Å². The number of rotatable bonds is 1. The molecule has 0 aromatic carbocycles. The first-order valence-corrected chi connectivity index (χ1v) is 3.92. The third-order valence-electron chi connectivity index (χ3n) is 1.16. The van der Waals surface area contributed by atoms with Crippen LogP contribution in [0.5, 0.6) is 0 Å². The maximum Gasteiger partial charge on any atom is 0.0734 e. The molecule has 54 valence electrons. The molecule has 0 amide bonds. The molecular weight excluding hydrogens is 194 g/mol. The van der Waals surface area contributed by atoms with E-state index in [9.17, 15) is 0 Å². The Labute approximate surface area is 67.6 Å². The number of nitrogen functional groups attached to an aromatic ring is 2. The van der Waals surface area contributed by atoms with Gasteiger partial charge >= 0.3 is 0 Å². The Hall–Kier alpha value is -0.770. The Morgan fingerprint density at radius 3 is 2.60 bits per heavy atom. The number of aromatic nitrogens is 1. The van der Waals surface area contributed by atoms with E-state index in [0.717, 1.165) is 5.69 Å². The van der Waals surface area contributed by atoms with Crippen LogP contribution in [0.3, 0.4) is 0 Å². The lowest BCUT2D eigenvalue weighted by Crippen LogP contribution is -1.97. The van der Waals surface area contributed by atoms with Crippen LogP contribution >= 0.6 is 15.9 Å². The molecule has 0 aliphatic carbocycles. The van der Waals surface area contributed by atoms with Crippen molar-refractivity contribution in [2.45, 2.75) is 5.33 Å². The molecule has 0 radical (unpaired) electrons. The van der Waals surface area contributed by atoms with Gasteiger partial charge in [0.05, 0.1) is 23.3 Å². The number of alkyl halides is 1. The maximum atomic E-state index is 5.51. The zero-order chi connectivity index (χ0) is 7.56. The molecule has 0 spiro atoms. The largest absolute Gasteiger partial charge is 0.397 e. The lowest BCUT2D eigenvalue weighted by Gasteiger charge is -1.99. The summed E-state index contributed by atoms with van der Waals surface area (Å²) in [5.74, 6) is 0. The highest BCUT2D eigenvalue weighted by Gasteiger charge is 1.95. The van der Waals surface area contributed by atoms with Gasteiger partial charge in [0.25, 0.3) is 0 Å². The molecule has 1 aromatic rings. The Balaban J connectivity index is 3.04. The van der Waals surface area contributed by atoms with Crippen LogP contribution < -0.4 is 11.5 Å². The van der Waals surface area contributed by atoms with Gasteiger partial charge in [-0.2, -0.15) is 0 Å². The van der Waals surface area contributed by atoms with Gasteiger partial charge in [-0.1, -0.05) is 15.9 Å². The Morgan fingerprint density at radius 1 is 1.40 bits per heavy atom. The van der Waals surface area contributed by atoms with Crippen LogP contribution in [0.4, 0.5) is 11.4 Å². The van der Waals surface area contributed by atoms with Gasteiger partial charge in [-0.05, 0) is 6.07 Å².